The van der Waals surface area contributed by atoms with Crippen molar-refractivity contribution in [1.29, 1.82) is 0 Å². The Morgan fingerprint density at radius 3 is 2.65 bits per heavy atom. The van der Waals surface area contributed by atoms with Gasteiger partial charge in [-0.15, -0.1) is 0 Å². The van der Waals surface area contributed by atoms with Crippen LogP contribution in [0.25, 0.3) is 0 Å². The van der Waals surface area contributed by atoms with Crippen molar-refractivity contribution in [3.63, 3.8) is 0 Å². The van der Waals surface area contributed by atoms with Gasteiger partial charge >= 0.3 is 0 Å². The second-order valence-electron chi connectivity index (χ2n) is 5.67. The molecule has 1 fully saturated rings. The summed E-state index contributed by atoms with van der Waals surface area (Å²) in [7, 11) is 3.93. The topological polar surface area (TPSA) is 35.6 Å². The molecule has 1 aromatic carbocycles. The van der Waals surface area contributed by atoms with E-state index < -0.39 is 6.17 Å². The third-order valence-corrected chi connectivity index (χ3v) is 3.61. The highest BCUT2D eigenvalue weighted by Gasteiger charge is 2.40. The zero-order valence-electron chi connectivity index (χ0n) is 12.4. The lowest BCUT2D eigenvalue weighted by Crippen LogP contribution is -2.43. The summed E-state index contributed by atoms with van der Waals surface area (Å²) in [6.07, 6.45) is -0.395. The number of hydrogen-bond donors (Lipinski definition) is 1. The number of hydrogen-bond acceptors (Lipinski definition) is 3. The van der Waals surface area contributed by atoms with Crippen LogP contribution in [0.15, 0.2) is 24.3 Å². The van der Waals surface area contributed by atoms with Crippen LogP contribution in [0.1, 0.15) is 25.6 Å². The first kappa shape index (κ1) is 14.9. The Balaban J connectivity index is 2.31. The van der Waals surface area contributed by atoms with E-state index in [2.05, 4.69) is 5.32 Å². The minimum Gasteiger partial charge on any atom is -0.317 e. The zero-order valence-corrected chi connectivity index (χ0v) is 12.4. The summed E-state index contributed by atoms with van der Waals surface area (Å²) in [4.78, 5) is 16.1. The van der Waals surface area contributed by atoms with Crippen molar-refractivity contribution in [3.8, 4) is 0 Å². The molecule has 110 valence electrons. The van der Waals surface area contributed by atoms with Crippen LogP contribution in [0.5, 0.6) is 0 Å². The average molecular weight is 279 g/mol. The van der Waals surface area contributed by atoms with Crippen molar-refractivity contribution < 1.29 is 9.18 Å². The van der Waals surface area contributed by atoms with Crippen molar-refractivity contribution >= 4 is 5.91 Å². The van der Waals surface area contributed by atoms with Crippen LogP contribution in [0.2, 0.25) is 0 Å². The summed E-state index contributed by atoms with van der Waals surface area (Å²) in [5, 5.41) is 3.18. The van der Waals surface area contributed by atoms with Gasteiger partial charge < -0.3 is 9.80 Å². The van der Waals surface area contributed by atoms with E-state index in [0.29, 0.717) is 5.56 Å². The molecule has 1 aliphatic heterocycles. The number of benzene rings is 1. The average Bonchev–Trinajstić information content (AvgIpc) is 2.65. The van der Waals surface area contributed by atoms with Gasteiger partial charge in [-0.05, 0) is 34.0 Å². The Hall–Kier alpha value is -1.46. The quantitative estimate of drug-likeness (QED) is 0.909. The molecule has 0 bridgehead atoms. The monoisotopic (exact) mass is 279 g/mol. The molecule has 1 heterocycles. The maximum atomic E-state index is 14.0. The second-order valence-corrected chi connectivity index (χ2v) is 5.67. The van der Waals surface area contributed by atoms with E-state index in [9.17, 15) is 9.18 Å². The number of nitrogens with zero attached hydrogens (tertiary/aromatic N) is 2. The SMILES string of the molecule is CC1NC(c2ccccc2F)N(C(C)CN(C)C)C1=O. The molecule has 1 saturated heterocycles. The van der Waals surface area contributed by atoms with Crippen LogP contribution in [-0.2, 0) is 4.79 Å². The third-order valence-electron chi connectivity index (χ3n) is 3.61. The van der Waals surface area contributed by atoms with Crippen molar-refractivity contribution in [3.05, 3.63) is 35.6 Å². The number of nitrogens with one attached hydrogen (secondary N) is 1. The molecule has 4 nitrogen and oxygen atoms in total. The second kappa shape index (κ2) is 5.89. The minimum atomic E-state index is -0.395. The number of carbonyl (C=O) groups excluding carboxylic acids is 1. The molecule has 1 aromatic rings. The molecule has 5 heteroatoms. The molecule has 1 amide bonds. The molecule has 0 aliphatic carbocycles. The van der Waals surface area contributed by atoms with Gasteiger partial charge in [-0.2, -0.15) is 0 Å². The van der Waals surface area contributed by atoms with Crippen molar-refractivity contribution in [2.75, 3.05) is 20.6 Å². The Labute approximate surface area is 119 Å². The fraction of sp³-hybridized carbons (Fsp3) is 0.533. The summed E-state index contributed by atoms with van der Waals surface area (Å²) >= 11 is 0. The van der Waals surface area contributed by atoms with Crippen molar-refractivity contribution in [2.24, 2.45) is 0 Å². The fourth-order valence-corrected chi connectivity index (χ4v) is 2.76. The predicted octanol–water partition coefficient (Wildman–Crippen LogP) is 1.59. The molecule has 0 saturated carbocycles. The zero-order chi connectivity index (χ0) is 14.9. The van der Waals surface area contributed by atoms with Crippen LogP contribution in [0.3, 0.4) is 0 Å². The van der Waals surface area contributed by atoms with E-state index in [1.165, 1.54) is 6.07 Å². The standard InChI is InChI=1S/C15H22FN3O/c1-10(9-18(3)4)19-14(17-11(2)15(19)20)12-7-5-6-8-13(12)16/h5-8,10-11,14,17H,9H2,1-4H3. The minimum absolute atomic E-state index is 0.0135. The van der Waals surface area contributed by atoms with E-state index in [0.717, 1.165) is 6.54 Å². The van der Waals surface area contributed by atoms with Crippen LogP contribution < -0.4 is 5.32 Å². The van der Waals surface area contributed by atoms with E-state index in [1.54, 1.807) is 23.1 Å². The molecular weight excluding hydrogens is 257 g/mol. The summed E-state index contributed by atoms with van der Waals surface area (Å²) in [6.45, 7) is 4.55. The number of amides is 1. The molecule has 3 unspecified atom stereocenters. The number of likely N-dealkylation sites (N-methyl/N-ethyl adjacent to an activating group) is 1. The molecule has 2 rings (SSSR count). The fourth-order valence-electron chi connectivity index (χ4n) is 2.76. The van der Waals surface area contributed by atoms with Crippen LogP contribution in [0, 0.1) is 5.82 Å². The van der Waals surface area contributed by atoms with Crippen LogP contribution in [0.4, 0.5) is 4.39 Å². The van der Waals surface area contributed by atoms with E-state index in [4.69, 9.17) is 0 Å². The lowest BCUT2D eigenvalue weighted by molar-refractivity contribution is -0.132. The first-order valence-corrected chi connectivity index (χ1v) is 6.89. The lowest BCUT2D eigenvalue weighted by Gasteiger charge is -2.32. The third kappa shape index (κ3) is 2.83. The van der Waals surface area contributed by atoms with Crippen LogP contribution in [-0.4, -0.2) is 48.4 Å². The van der Waals surface area contributed by atoms with Gasteiger partial charge in [-0.3, -0.25) is 10.1 Å². The molecular formula is C15H22FN3O. The van der Waals surface area contributed by atoms with Crippen LogP contribution >= 0.6 is 0 Å². The number of rotatable bonds is 4. The first-order chi connectivity index (χ1) is 9.41. The Kier molecular flexibility index (Phi) is 4.40. The van der Waals surface area contributed by atoms with Gasteiger partial charge in [-0.1, -0.05) is 18.2 Å². The molecule has 3 atom stereocenters. The van der Waals surface area contributed by atoms with E-state index in [1.807, 2.05) is 32.8 Å². The Morgan fingerprint density at radius 2 is 2.05 bits per heavy atom. The molecule has 20 heavy (non-hydrogen) atoms. The highest BCUT2D eigenvalue weighted by Crippen LogP contribution is 2.29. The largest absolute Gasteiger partial charge is 0.317 e. The first-order valence-electron chi connectivity index (χ1n) is 6.89. The normalized spacial score (nSPS) is 24.5. The predicted molar refractivity (Wildman–Crippen MR) is 76.6 cm³/mol. The van der Waals surface area contributed by atoms with Gasteiger partial charge in [0.15, 0.2) is 0 Å². The molecule has 1 aliphatic rings. The maximum absolute atomic E-state index is 14.0. The summed E-state index contributed by atoms with van der Waals surface area (Å²) < 4.78 is 14.0. The van der Waals surface area contributed by atoms with Gasteiger partial charge in [0.05, 0.1) is 6.04 Å². The van der Waals surface area contributed by atoms with Gasteiger partial charge in [0.25, 0.3) is 0 Å². The molecule has 0 spiro atoms. The smallest absolute Gasteiger partial charge is 0.241 e. The molecule has 0 aromatic heterocycles. The highest BCUT2D eigenvalue weighted by atomic mass is 19.1. The maximum Gasteiger partial charge on any atom is 0.241 e. The van der Waals surface area contributed by atoms with Gasteiger partial charge in [0, 0.05) is 18.2 Å². The summed E-state index contributed by atoms with van der Waals surface area (Å²) in [5.41, 5.74) is 0.524. The Morgan fingerprint density at radius 1 is 1.40 bits per heavy atom. The molecule has 1 N–H and O–H groups in total. The van der Waals surface area contributed by atoms with Gasteiger partial charge in [0.1, 0.15) is 12.0 Å². The van der Waals surface area contributed by atoms with Gasteiger partial charge in [0.2, 0.25) is 5.91 Å². The van der Waals surface area contributed by atoms with E-state index >= 15 is 0 Å². The van der Waals surface area contributed by atoms with E-state index in [-0.39, 0.29) is 23.8 Å². The van der Waals surface area contributed by atoms with Crippen molar-refractivity contribution in [2.45, 2.75) is 32.1 Å². The molecule has 0 radical (unpaired) electrons. The number of carbonyl (C=O) groups is 1. The number of halogens is 1. The summed E-state index contributed by atoms with van der Waals surface area (Å²) in [5.74, 6) is -0.262. The highest BCUT2D eigenvalue weighted by molar-refractivity contribution is 5.84. The lowest BCUT2D eigenvalue weighted by atomic mass is 10.1. The van der Waals surface area contributed by atoms with Gasteiger partial charge in [-0.25, -0.2) is 4.39 Å². The van der Waals surface area contributed by atoms with Crippen molar-refractivity contribution in [1.82, 2.24) is 15.1 Å². The Bertz CT molecular complexity index is 492. The summed E-state index contributed by atoms with van der Waals surface area (Å²) in [6, 6.07) is 6.34.